The number of hydrogen-bond acceptors (Lipinski definition) is 3. The van der Waals surface area contributed by atoms with Crippen molar-refractivity contribution in [2.24, 2.45) is 7.05 Å². The maximum absolute atomic E-state index is 4.37. The molecule has 2 heterocycles. The lowest BCUT2D eigenvalue weighted by atomic mass is 10.2. The number of nitrogens with zero attached hydrogens (tertiary/aromatic N) is 3. The second-order valence-electron chi connectivity index (χ2n) is 5.23. The van der Waals surface area contributed by atoms with Crippen LogP contribution in [0.4, 0.5) is 5.82 Å². The highest BCUT2D eigenvalue weighted by Gasteiger charge is 2.38. The Bertz CT molecular complexity index is 369. The van der Waals surface area contributed by atoms with E-state index < -0.39 is 0 Å². The van der Waals surface area contributed by atoms with Crippen LogP contribution >= 0.6 is 0 Å². The minimum atomic E-state index is 0.575. The third-order valence-electron chi connectivity index (χ3n) is 3.70. The summed E-state index contributed by atoms with van der Waals surface area (Å²) in [7, 11) is 1.96. The summed E-state index contributed by atoms with van der Waals surface area (Å²) < 4.78 is 1.85. The van der Waals surface area contributed by atoms with Crippen LogP contribution in [-0.4, -0.2) is 39.4 Å². The van der Waals surface area contributed by atoms with Crippen molar-refractivity contribution in [3.63, 3.8) is 0 Å². The SMILES string of the molecule is CC1CC(Nc2ccn(C)n2)CN1C1CC1. The van der Waals surface area contributed by atoms with E-state index in [4.69, 9.17) is 0 Å². The summed E-state index contributed by atoms with van der Waals surface area (Å²) in [5.41, 5.74) is 0. The topological polar surface area (TPSA) is 33.1 Å². The fourth-order valence-electron chi connectivity index (χ4n) is 2.78. The Morgan fingerprint density at radius 2 is 2.25 bits per heavy atom. The predicted molar refractivity (Wildman–Crippen MR) is 64.4 cm³/mol. The molecule has 2 aliphatic rings. The first-order chi connectivity index (χ1) is 7.72. The average molecular weight is 220 g/mol. The van der Waals surface area contributed by atoms with Gasteiger partial charge in [-0.1, -0.05) is 0 Å². The number of rotatable bonds is 3. The lowest BCUT2D eigenvalue weighted by molar-refractivity contribution is 0.257. The Balaban J connectivity index is 1.60. The number of aryl methyl sites for hydroxylation is 1. The molecule has 1 saturated heterocycles. The van der Waals surface area contributed by atoms with Crippen LogP contribution in [0.1, 0.15) is 26.2 Å². The van der Waals surface area contributed by atoms with Gasteiger partial charge in [0, 0.05) is 44.0 Å². The number of nitrogens with one attached hydrogen (secondary N) is 1. The molecule has 0 aromatic carbocycles. The van der Waals surface area contributed by atoms with Gasteiger partial charge in [-0.2, -0.15) is 5.10 Å². The van der Waals surface area contributed by atoms with Crippen LogP contribution in [0.5, 0.6) is 0 Å². The van der Waals surface area contributed by atoms with Gasteiger partial charge in [-0.05, 0) is 26.2 Å². The molecule has 1 aliphatic heterocycles. The number of anilines is 1. The average Bonchev–Trinajstić information content (AvgIpc) is 2.91. The van der Waals surface area contributed by atoms with Crippen molar-refractivity contribution in [2.75, 3.05) is 11.9 Å². The molecule has 3 rings (SSSR count). The van der Waals surface area contributed by atoms with Gasteiger partial charge in [-0.25, -0.2) is 0 Å². The first-order valence-corrected chi connectivity index (χ1v) is 6.24. The van der Waals surface area contributed by atoms with E-state index in [1.807, 2.05) is 24.0 Å². The molecule has 1 aromatic rings. The maximum Gasteiger partial charge on any atom is 0.148 e. The summed E-state index contributed by atoms with van der Waals surface area (Å²) in [6.45, 7) is 3.53. The standard InChI is InChI=1S/C12H20N4/c1-9-7-10(8-16(9)11-3-4-11)13-12-5-6-15(2)14-12/h5-6,9-11H,3-4,7-8H2,1-2H3,(H,13,14). The zero-order chi connectivity index (χ0) is 11.1. The molecular weight excluding hydrogens is 200 g/mol. The molecule has 4 nitrogen and oxygen atoms in total. The van der Waals surface area contributed by atoms with Crippen LogP contribution in [-0.2, 0) is 7.05 Å². The van der Waals surface area contributed by atoms with Crippen LogP contribution in [0.15, 0.2) is 12.3 Å². The summed E-state index contributed by atoms with van der Waals surface area (Å²) in [5.74, 6) is 1.01. The van der Waals surface area contributed by atoms with Crippen molar-refractivity contribution in [1.82, 2.24) is 14.7 Å². The number of likely N-dealkylation sites (tertiary alicyclic amines) is 1. The zero-order valence-electron chi connectivity index (χ0n) is 10.1. The second-order valence-corrected chi connectivity index (χ2v) is 5.23. The largest absolute Gasteiger partial charge is 0.365 e. The van der Waals surface area contributed by atoms with E-state index in [-0.39, 0.29) is 0 Å². The molecule has 0 radical (unpaired) electrons. The van der Waals surface area contributed by atoms with Gasteiger partial charge in [-0.3, -0.25) is 9.58 Å². The predicted octanol–water partition coefficient (Wildman–Crippen LogP) is 1.46. The maximum atomic E-state index is 4.37. The minimum Gasteiger partial charge on any atom is -0.365 e. The third kappa shape index (κ3) is 1.94. The number of aromatic nitrogens is 2. The van der Waals surface area contributed by atoms with Crippen LogP contribution in [0.3, 0.4) is 0 Å². The molecule has 0 amide bonds. The molecule has 1 aromatic heterocycles. The van der Waals surface area contributed by atoms with Crippen LogP contribution in [0, 0.1) is 0 Å². The normalized spacial score (nSPS) is 30.9. The van der Waals surface area contributed by atoms with Crippen molar-refractivity contribution in [3.05, 3.63) is 12.3 Å². The monoisotopic (exact) mass is 220 g/mol. The second kappa shape index (κ2) is 3.77. The van der Waals surface area contributed by atoms with Gasteiger partial charge in [0.1, 0.15) is 5.82 Å². The molecule has 16 heavy (non-hydrogen) atoms. The quantitative estimate of drug-likeness (QED) is 0.837. The lowest BCUT2D eigenvalue weighted by Crippen LogP contribution is -2.31. The molecule has 2 fully saturated rings. The molecule has 1 saturated carbocycles. The lowest BCUT2D eigenvalue weighted by Gasteiger charge is -2.19. The van der Waals surface area contributed by atoms with E-state index in [2.05, 4.69) is 22.2 Å². The Kier molecular flexibility index (Phi) is 2.39. The molecular formula is C12H20N4. The van der Waals surface area contributed by atoms with Gasteiger partial charge in [-0.15, -0.1) is 0 Å². The highest BCUT2D eigenvalue weighted by atomic mass is 15.3. The third-order valence-corrected chi connectivity index (χ3v) is 3.70. The van der Waals surface area contributed by atoms with Crippen molar-refractivity contribution in [1.29, 1.82) is 0 Å². The van der Waals surface area contributed by atoms with Gasteiger partial charge in [0.2, 0.25) is 0 Å². The molecule has 1 aliphatic carbocycles. The smallest absolute Gasteiger partial charge is 0.148 e. The van der Waals surface area contributed by atoms with Crippen molar-refractivity contribution in [3.8, 4) is 0 Å². The highest BCUT2D eigenvalue weighted by Crippen LogP contribution is 2.33. The molecule has 2 atom stereocenters. The van der Waals surface area contributed by atoms with Crippen LogP contribution in [0.25, 0.3) is 0 Å². The summed E-state index contributed by atoms with van der Waals surface area (Å²) in [4.78, 5) is 2.65. The van der Waals surface area contributed by atoms with Crippen LogP contribution < -0.4 is 5.32 Å². The molecule has 0 bridgehead atoms. The van der Waals surface area contributed by atoms with E-state index >= 15 is 0 Å². The van der Waals surface area contributed by atoms with E-state index in [1.54, 1.807) is 0 Å². The fraction of sp³-hybridized carbons (Fsp3) is 0.750. The molecule has 2 unspecified atom stereocenters. The zero-order valence-corrected chi connectivity index (χ0v) is 10.1. The fourth-order valence-corrected chi connectivity index (χ4v) is 2.78. The van der Waals surface area contributed by atoms with E-state index in [1.165, 1.54) is 25.8 Å². The van der Waals surface area contributed by atoms with Gasteiger partial charge in [0.05, 0.1) is 0 Å². The summed E-state index contributed by atoms with van der Waals surface area (Å²) >= 11 is 0. The van der Waals surface area contributed by atoms with E-state index in [0.717, 1.165) is 17.9 Å². The summed E-state index contributed by atoms with van der Waals surface area (Å²) in [5, 5.41) is 7.90. The first kappa shape index (κ1) is 10.1. The van der Waals surface area contributed by atoms with Crippen LogP contribution in [0.2, 0.25) is 0 Å². The minimum absolute atomic E-state index is 0.575. The van der Waals surface area contributed by atoms with Gasteiger partial charge in [0.15, 0.2) is 0 Å². The van der Waals surface area contributed by atoms with Gasteiger partial charge in [0.25, 0.3) is 0 Å². The number of hydrogen-bond donors (Lipinski definition) is 1. The molecule has 4 heteroatoms. The van der Waals surface area contributed by atoms with Crippen molar-refractivity contribution >= 4 is 5.82 Å². The highest BCUT2D eigenvalue weighted by molar-refractivity contribution is 5.34. The summed E-state index contributed by atoms with van der Waals surface area (Å²) in [6.07, 6.45) is 6.04. The summed E-state index contributed by atoms with van der Waals surface area (Å²) in [6, 6.07) is 4.23. The van der Waals surface area contributed by atoms with E-state index in [0.29, 0.717) is 6.04 Å². The van der Waals surface area contributed by atoms with Gasteiger partial charge < -0.3 is 5.32 Å². The molecule has 1 N–H and O–H groups in total. The molecule has 0 spiro atoms. The first-order valence-electron chi connectivity index (χ1n) is 6.24. The Morgan fingerprint density at radius 3 is 2.88 bits per heavy atom. The Morgan fingerprint density at radius 1 is 1.44 bits per heavy atom. The molecule has 88 valence electrons. The Labute approximate surface area is 96.6 Å². The van der Waals surface area contributed by atoms with Crippen molar-refractivity contribution in [2.45, 2.75) is 44.3 Å². The van der Waals surface area contributed by atoms with E-state index in [9.17, 15) is 0 Å². The van der Waals surface area contributed by atoms with Crippen molar-refractivity contribution < 1.29 is 0 Å². The Hall–Kier alpha value is -1.03. The van der Waals surface area contributed by atoms with Gasteiger partial charge >= 0.3 is 0 Å².